The molecule has 6 rings (SSSR count). The summed E-state index contributed by atoms with van der Waals surface area (Å²) in [4.78, 5) is 64.8. The Morgan fingerprint density at radius 3 is 1.12 bits per heavy atom. The van der Waals surface area contributed by atoms with Crippen LogP contribution in [0.4, 0.5) is 0 Å². The highest BCUT2D eigenvalue weighted by Crippen LogP contribution is 2.27. The molecule has 15 nitrogen and oxygen atoms in total. The van der Waals surface area contributed by atoms with Gasteiger partial charge in [-0.05, 0) is 51.0 Å². The minimum absolute atomic E-state index is 0.0710. The average Bonchev–Trinajstić information content (AvgIpc) is 3.72. The summed E-state index contributed by atoms with van der Waals surface area (Å²) in [5, 5.41) is 32.5. The fourth-order valence-corrected chi connectivity index (χ4v) is 5.49. The van der Waals surface area contributed by atoms with Gasteiger partial charge in [0.15, 0.2) is 12.2 Å². The minimum atomic E-state index is -2.27. The van der Waals surface area contributed by atoms with Gasteiger partial charge < -0.3 is 43.8 Å². The molecule has 0 aliphatic rings. The molecule has 0 aliphatic heterocycles. The molecule has 58 heavy (non-hydrogen) atoms. The second-order valence-corrected chi connectivity index (χ2v) is 13.9. The van der Waals surface area contributed by atoms with Gasteiger partial charge in [-0.2, -0.15) is 0 Å². The van der Waals surface area contributed by atoms with E-state index in [-0.39, 0.29) is 11.8 Å². The molecule has 0 bridgehead atoms. The van der Waals surface area contributed by atoms with Crippen molar-refractivity contribution in [1.29, 1.82) is 0 Å². The first kappa shape index (κ1) is 45.7. The highest BCUT2D eigenvalue weighted by Gasteiger charge is 2.29. The summed E-state index contributed by atoms with van der Waals surface area (Å²) < 4.78 is 4.07. The number of nitrogens with zero attached hydrogens (tertiary/aromatic N) is 6. The van der Waals surface area contributed by atoms with Crippen LogP contribution >= 0.6 is 0 Å². The molecular weight excluding hydrogens is 745 g/mol. The van der Waals surface area contributed by atoms with Crippen LogP contribution in [0.5, 0.6) is 0 Å². The molecule has 15 heteroatoms. The van der Waals surface area contributed by atoms with Crippen molar-refractivity contribution in [1.82, 2.24) is 28.6 Å². The Labute approximate surface area is 336 Å². The number of aromatic nitrogens is 4. The molecular formula is C43H50N6O9. The molecule has 0 fully saturated rings. The summed E-state index contributed by atoms with van der Waals surface area (Å²) in [5.74, 6) is -3.40. The lowest BCUT2D eigenvalue weighted by Crippen LogP contribution is -2.39. The van der Waals surface area contributed by atoms with Crippen LogP contribution in [0.3, 0.4) is 0 Å². The Morgan fingerprint density at radius 1 is 0.552 bits per heavy atom. The third kappa shape index (κ3) is 11.7. The number of hydrogen-bond acceptors (Lipinski definition) is 9. The van der Waals surface area contributed by atoms with Crippen molar-refractivity contribution < 1.29 is 44.4 Å². The third-order valence-electron chi connectivity index (χ3n) is 8.82. The lowest BCUT2D eigenvalue weighted by molar-refractivity contribution is -0.165. The van der Waals surface area contributed by atoms with Crippen LogP contribution in [-0.2, 0) is 36.8 Å². The zero-order valence-electron chi connectivity index (χ0n) is 33.9. The number of hydrogen-bond donors (Lipinski definition) is 4. The molecule has 0 saturated heterocycles. The molecule has 0 saturated carbocycles. The van der Waals surface area contributed by atoms with E-state index in [0.717, 1.165) is 56.3 Å². The van der Waals surface area contributed by atoms with Crippen LogP contribution < -0.4 is 0 Å². The molecule has 0 radical (unpaired) electrons. The maximum atomic E-state index is 12.3. The summed E-state index contributed by atoms with van der Waals surface area (Å²) in [6.45, 7) is 10.2. The van der Waals surface area contributed by atoms with Crippen molar-refractivity contribution in [3.8, 4) is 22.5 Å². The Balaban J connectivity index is 0.000000245. The number of carbonyl (C=O) groups is 5. The van der Waals surface area contributed by atoms with Gasteiger partial charge >= 0.3 is 11.9 Å². The first-order valence-electron chi connectivity index (χ1n) is 18.0. The van der Waals surface area contributed by atoms with Crippen molar-refractivity contribution in [2.45, 2.75) is 52.7 Å². The number of carboxylic acids is 2. The molecule has 4 aromatic heterocycles. The van der Waals surface area contributed by atoms with E-state index in [0.29, 0.717) is 12.8 Å². The van der Waals surface area contributed by atoms with Gasteiger partial charge in [0.25, 0.3) is 0 Å². The van der Waals surface area contributed by atoms with E-state index < -0.39 is 24.1 Å². The maximum absolute atomic E-state index is 12.3. The number of aryl methyl sites for hydroxylation is 4. The molecule has 306 valence electrons. The molecule has 4 heterocycles. The summed E-state index contributed by atoms with van der Waals surface area (Å²) >= 11 is 0. The van der Waals surface area contributed by atoms with E-state index in [1.165, 1.54) is 11.1 Å². The van der Waals surface area contributed by atoms with Gasteiger partial charge in [-0.25, -0.2) is 19.6 Å². The Morgan fingerprint density at radius 2 is 0.845 bits per heavy atom. The van der Waals surface area contributed by atoms with Crippen LogP contribution in [0.2, 0.25) is 0 Å². The zero-order chi connectivity index (χ0) is 43.4. The number of benzene rings is 2. The molecule has 2 unspecified atom stereocenters. The highest BCUT2D eigenvalue weighted by molar-refractivity contribution is 5.83. The number of likely N-dealkylation sites (N-methyl/N-ethyl adjacent to an activating group) is 2. The fraction of sp³-hybridized carbons (Fsp3) is 0.279. The van der Waals surface area contributed by atoms with Crippen molar-refractivity contribution in [2.24, 2.45) is 0 Å². The largest absolute Gasteiger partial charge is 0.479 e. The number of carbonyl (C=O) groups excluding carboxylic acids is 3. The average molecular weight is 795 g/mol. The number of amides is 2. The van der Waals surface area contributed by atoms with Gasteiger partial charge in [0, 0.05) is 51.7 Å². The van der Waals surface area contributed by atoms with Gasteiger partial charge in [0.2, 0.25) is 11.8 Å². The van der Waals surface area contributed by atoms with E-state index in [9.17, 15) is 19.2 Å². The van der Waals surface area contributed by atoms with E-state index >= 15 is 0 Å². The number of aliphatic carboxylic acids is 2. The van der Waals surface area contributed by atoms with Crippen molar-refractivity contribution in [3.63, 3.8) is 0 Å². The van der Waals surface area contributed by atoms with Crippen LogP contribution in [0.15, 0.2) is 85.2 Å². The number of carboxylic acid groups (broad SMARTS) is 2. The minimum Gasteiger partial charge on any atom is -0.479 e. The third-order valence-corrected chi connectivity index (χ3v) is 8.82. The normalized spacial score (nSPS) is 11.5. The van der Waals surface area contributed by atoms with E-state index in [1.807, 2.05) is 66.1 Å². The number of pyridine rings is 2. The first-order valence-corrected chi connectivity index (χ1v) is 18.0. The standard InChI is InChI=1S/2C19H21N3O.C4H6O6.CH2O/c2*1-13-5-8-15(9-6-13)19-16(11-18(23)21(3)4)22-12-14(2)7-10-17(22)20-19;5-1(3(7)8)2(6)4(9)10;1-2/h2*5-10,12H,11H2,1-4H3;1-2,5-6H,(H,7,8)(H,9,10);1H2. The van der Waals surface area contributed by atoms with Crippen LogP contribution in [-0.4, -0.2) is 120 Å². The number of imidazole rings is 2. The van der Waals surface area contributed by atoms with Crippen molar-refractivity contribution in [2.75, 3.05) is 28.2 Å². The van der Waals surface area contributed by atoms with E-state index in [2.05, 4.69) is 62.4 Å². The van der Waals surface area contributed by atoms with Gasteiger partial charge in [-0.3, -0.25) is 9.59 Å². The van der Waals surface area contributed by atoms with Crippen LogP contribution in [0.25, 0.3) is 33.8 Å². The Kier molecular flexibility index (Phi) is 16.1. The lowest BCUT2D eigenvalue weighted by atomic mass is 10.1. The van der Waals surface area contributed by atoms with Crippen molar-refractivity contribution in [3.05, 3.63) is 119 Å². The summed E-state index contributed by atoms with van der Waals surface area (Å²) in [6, 6.07) is 24.6. The molecule has 6 aromatic rings. The monoisotopic (exact) mass is 794 g/mol. The summed E-state index contributed by atoms with van der Waals surface area (Å²) in [7, 11) is 7.12. The summed E-state index contributed by atoms with van der Waals surface area (Å²) in [6.07, 6.45) is 0.216. The Hall–Kier alpha value is -6.71. The predicted molar refractivity (Wildman–Crippen MR) is 219 cm³/mol. The zero-order valence-corrected chi connectivity index (χ0v) is 33.9. The number of fused-ring (bicyclic) bond motifs is 2. The maximum Gasteiger partial charge on any atom is 0.335 e. The second kappa shape index (κ2) is 20.5. The van der Waals surface area contributed by atoms with Gasteiger partial charge in [-0.1, -0.05) is 71.8 Å². The number of rotatable bonds is 9. The fourth-order valence-electron chi connectivity index (χ4n) is 5.49. The highest BCUT2D eigenvalue weighted by atomic mass is 16.4. The molecule has 0 spiro atoms. The van der Waals surface area contributed by atoms with Gasteiger partial charge in [0.05, 0.1) is 35.6 Å². The second-order valence-electron chi connectivity index (χ2n) is 13.9. The van der Waals surface area contributed by atoms with Crippen LogP contribution in [0, 0.1) is 27.7 Å². The SMILES string of the molecule is C=O.Cc1ccc(-c2nc3ccc(C)cn3c2CC(=O)N(C)C)cc1.Cc1ccc(-c2nc3ccc(C)cn3c2CC(=O)N(C)C)cc1.O=C(O)C(O)C(O)C(=O)O. The lowest BCUT2D eigenvalue weighted by Gasteiger charge is -2.11. The topological polar surface area (TPSA) is 207 Å². The quantitative estimate of drug-likeness (QED) is 0.163. The van der Waals surface area contributed by atoms with Crippen LogP contribution in [0.1, 0.15) is 33.6 Å². The first-order chi connectivity index (χ1) is 27.4. The number of aliphatic hydroxyl groups excluding tert-OH is 2. The van der Waals surface area contributed by atoms with Crippen molar-refractivity contribution >= 4 is 41.8 Å². The molecule has 0 aliphatic carbocycles. The van der Waals surface area contributed by atoms with Gasteiger partial charge in [0.1, 0.15) is 18.1 Å². The summed E-state index contributed by atoms with van der Waals surface area (Å²) in [5.41, 5.74) is 12.2. The predicted octanol–water partition coefficient (Wildman–Crippen LogP) is 4.19. The smallest absolute Gasteiger partial charge is 0.335 e. The van der Waals surface area contributed by atoms with E-state index in [1.54, 1.807) is 38.0 Å². The molecule has 2 amide bonds. The van der Waals surface area contributed by atoms with E-state index in [4.69, 9.17) is 35.2 Å². The molecule has 2 aromatic carbocycles. The van der Waals surface area contributed by atoms with Gasteiger partial charge in [-0.15, -0.1) is 0 Å². The molecule has 4 N–H and O–H groups in total. The number of aliphatic hydroxyl groups is 2. The molecule has 2 atom stereocenters. The Bertz CT molecular complexity index is 2200.